The van der Waals surface area contributed by atoms with Crippen molar-refractivity contribution in [3.05, 3.63) is 71.8 Å². The number of esters is 1. The molecule has 1 unspecified atom stereocenters. The molecular weight excluding hydrogens is 436 g/mol. The van der Waals surface area contributed by atoms with E-state index in [1.807, 2.05) is 30.3 Å². The van der Waals surface area contributed by atoms with Crippen molar-refractivity contribution in [1.82, 2.24) is 10.6 Å². The maximum Gasteiger partial charge on any atom is 0.345 e. The first-order chi connectivity index (χ1) is 15.8. The van der Waals surface area contributed by atoms with E-state index in [1.165, 1.54) is 6.92 Å². The Bertz CT molecular complexity index is 899. The molecule has 0 aliphatic heterocycles. The first-order valence-electron chi connectivity index (χ1n) is 10.3. The van der Waals surface area contributed by atoms with Crippen molar-refractivity contribution in [2.24, 2.45) is 5.73 Å². The molecule has 10 heteroatoms. The third kappa shape index (κ3) is 9.34. The Kier molecular flexibility index (Phi) is 10.4. The molecule has 0 saturated heterocycles. The summed E-state index contributed by atoms with van der Waals surface area (Å²) in [6.07, 6.45) is 0.262. The van der Waals surface area contributed by atoms with Gasteiger partial charge in [0.15, 0.2) is 6.04 Å². The Labute approximate surface area is 190 Å². The number of ether oxygens (including phenoxy) is 2. The van der Waals surface area contributed by atoms with Gasteiger partial charge < -0.3 is 25.8 Å². The molecule has 2 aromatic rings. The number of amides is 2. The van der Waals surface area contributed by atoms with Gasteiger partial charge in [0, 0.05) is 0 Å². The van der Waals surface area contributed by atoms with Gasteiger partial charge in [-0.3, -0.25) is 9.59 Å². The molecule has 33 heavy (non-hydrogen) atoms. The van der Waals surface area contributed by atoms with Crippen molar-refractivity contribution in [2.45, 2.75) is 44.7 Å². The minimum absolute atomic E-state index is 0.110. The molecule has 4 N–H and O–H groups in total. The van der Waals surface area contributed by atoms with Crippen LogP contribution in [0.4, 0.5) is 8.78 Å². The van der Waals surface area contributed by atoms with Crippen molar-refractivity contribution >= 4 is 17.8 Å². The number of halogens is 2. The summed E-state index contributed by atoms with van der Waals surface area (Å²) in [6, 6.07) is 14.3. The van der Waals surface area contributed by atoms with E-state index in [4.69, 9.17) is 10.5 Å². The molecule has 8 nitrogen and oxygen atoms in total. The van der Waals surface area contributed by atoms with Gasteiger partial charge in [0.05, 0.1) is 12.6 Å². The molecule has 0 aromatic heterocycles. The highest BCUT2D eigenvalue weighted by Gasteiger charge is 2.28. The summed E-state index contributed by atoms with van der Waals surface area (Å²) in [5, 5.41) is 4.72. The highest BCUT2D eigenvalue weighted by atomic mass is 19.3. The number of nitrogens with two attached hydrogens (primary N) is 1. The Morgan fingerprint density at radius 3 is 2.06 bits per heavy atom. The number of benzene rings is 2. The van der Waals surface area contributed by atoms with E-state index in [2.05, 4.69) is 15.4 Å². The lowest BCUT2D eigenvalue weighted by molar-refractivity contribution is -0.161. The van der Waals surface area contributed by atoms with Gasteiger partial charge in [-0.25, -0.2) is 4.79 Å². The van der Waals surface area contributed by atoms with Crippen molar-refractivity contribution < 1.29 is 32.6 Å². The lowest BCUT2D eigenvalue weighted by atomic mass is 10.1. The molecule has 3 atom stereocenters. The van der Waals surface area contributed by atoms with Crippen LogP contribution >= 0.6 is 0 Å². The van der Waals surface area contributed by atoms with E-state index in [1.54, 1.807) is 30.3 Å². The third-order valence-electron chi connectivity index (χ3n) is 4.60. The minimum Gasteiger partial charge on any atom is -0.459 e. The molecule has 2 aromatic carbocycles. The normalized spacial score (nSPS) is 13.6. The lowest BCUT2D eigenvalue weighted by Crippen LogP contribution is -2.54. The van der Waals surface area contributed by atoms with Crippen LogP contribution in [0.3, 0.4) is 0 Å². The van der Waals surface area contributed by atoms with Crippen LogP contribution < -0.4 is 16.4 Å². The van der Waals surface area contributed by atoms with E-state index < -0.39 is 49.1 Å². The molecule has 0 heterocycles. The zero-order valence-electron chi connectivity index (χ0n) is 18.1. The summed E-state index contributed by atoms with van der Waals surface area (Å²) in [7, 11) is 0. The molecule has 2 rings (SSSR count). The van der Waals surface area contributed by atoms with Crippen molar-refractivity contribution in [3.8, 4) is 0 Å². The number of hydrogen-bond acceptors (Lipinski definition) is 6. The van der Waals surface area contributed by atoms with Gasteiger partial charge in [-0.1, -0.05) is 60.7 Å². The van der Waals surface area contributed by atoms with Crippen LogP contribution in [0.15, 0.2) is 60.7 Å². The quantitative estimate of drug-likeness (QED) is 0.411. The second-order valence-corrected chi connectivity index (χ2v) is 7.27. The molecule has 0 saturated carbocycles. The van der Waals surface area contributed by atoms with Gasteiger partial charge in [0.25, 0.3) is 0 Å². The van der Waals surface area contributed by atoms with E-state index in [-0.39, 0.29) is 13.0 Å². The zero-order chi connectivity index (χ0) is 24.2. The van der Waals surface area contributed by atoms with Crippen LogP contribution in [-0.2, 0) is 36.9 Å². The Balaban J connectivity index is 1.91. The second kappa shape index (κ2) is 13.2. The molecule has 0 radical (unpaired) electrons. The first-order valence-corrected chi connectivity index (χ1v) is 10.3. The van der Waals surface area contributed by atoms with Crippen molar-refractivity contribution in [2.75, 3.05) is 6.61 Å². The van der Waals surface area contributed by atoms with Gasteiger partial charge in [-0.15, -0.1) is 0 Å². The maximum absolute atomic E-state index is 12.5. The zero-order valence-corrected chi connectivity index (χ0v) is 18.1. The van der Waals surface area contributed by atoms with Gasteiger partial charge >= 0.3 is 12.6 Å². The molecule has 0 fully saturated rings. The highest BCUT2D eigenvalue weighted by Crippen LogP contribution is 2.05. The number of nitrogens with one attached hydrogen (secondary N) is 2. The first kappa shape index (κ1) is 25.9. The van der Waals surface area contributed by atoms with Gasteiger partial charge in [-0.05, 0) is 24.5 Å². The Hall–Kier alpha value is -3.37. The fourth-order valence-electron chi connectivity index (χ4n) is 2.81. The van der Waals surface area contributed by atoms with E-state index in [0.29, 0.717) is 5.56 Å². The minimum atomic E-state index is -3.14. The van der Waals surface area contributed by atoms with E-state index in [9.17, 15) is 23.2 Å². The van der Waals surface area contributed by atoms with Gasteiger partial charge in [0.1, 0.15) is 12.6 Å². The van der Waals surface area contributed by atoms with Gasteiger partial charge in [-0.2, -0.15) is 8.78 Å². The SMILES string of the molecule is CC(NC(=O)[C@@H](N)Cc1ccccc1)C(=O)N[C@@H](COC(F)F)C(=O)OCc1ccccc1. The molecule has 2 amide bonds. The van der Waals surface area contributed by atoms with E-state index in [0.717, 1.165) is 5.56 Å². The summed E-state index contributed by atoms with van der Waals surface area (Å²) in [6.45, 7) is -2.67. The monoisotopic (exact) mass is 463 g/mol. The largest absolute Gasteiger partial charge is 0.459 e. The number of rotatable bonds is 12. The van der Waals surface area contributed by atoms with Crippen LogP contribution in [0.25, 0.3) is 0 Å². The van der Waals surface area contributed by atoms with Crippen LogP contribution in [0.1, 0.15) is 18.1 Å². The predicted molar refractivity (Wildman–Crippen MR) is 116 cm³/mol. The topological polar surface area (TPSA) is 120 Å². The summed E-state index contributed by atoms with van der Waals surface area (Å²) in [5.41, 5.74) is 7.43. The average molecular weight is 463 g/mol. The predicted octanol–water partition coefficient (Wildman–Crippen LogP) is 1.53. The third-order valence-corrected chi connectivity index (χ3v) is 4.60. The molecule has 0 bridgehead atoms. The fourth-order valence-corrected chi connectivity index (χ4v) is 2.81. The molecule has 0 aliphatic rings. The molecule has 178 valence electrons. The standard InChI is InChI=1S/C23H27F2N3O5/c1-15(27-21(30)18(26)12-16-8-4-2-5-9-16)20(29)28-19(14-33-23(24)25)22(31)32-13-17-10-6-3-7-11-17/h2-11,15,18-19,23H,12-14,26H2,1H3,(H,27,30)(H,28,29)/t15?,18-,19-/m0/s1. The van der Waals surface area contributed by atoms with Crippen LogP contribution in [0, 0.1) is 0 Å². The molecule has 0 aliphatic carbocycles. The van der Waals surface area contributed by atoms with E-state index >= 15 is 0 Å². The van der Waals surface area contributed by atoms with Crippen LogP contribution in [0.5, 0.6) is 0 Å². The van der Waals surface area contributed by atoms with Crippen LogP contribution in [-0.4, -0.2) is 49.1 Å². The fraction of sp³-hybridized carbons (Fsp3) is 0.348. The lowest BCUT2D eigenvalue weighted by Gasteiger charge is -2.21. The summed E-state index contributed by atoms with van der Waals surface area (Å²) < 4.78 is 34.3. The molecule has 0 spiro atoms. The summed E-state index contributed by atoms with van der Waals surface area (Å²) in [4.78, 5) is 37.2. The Morgan fingerprint density at radius 1 is 0.909 bits per heavy atom. The number of carbonyl (C=O) groups is 3. The van der Waals surface area contributed by atoms with Gasteiger partial charge in [0.2, 0.25) is 11.8 Å². The molecular formula is C23H27F2N3O5. The number of alkyl halides is 2. The number of hydrogen-bond donors (Lipinski definition) is 3. The number of carbonyl (C=O) groups excluding carboxylic acids is 3. The van der Waals surface area contributed by atoms with Crippen molar-refractivity contribution in [1.29, 1.82) is 0 Å². The summed E-state index contributed by atoms with van der Waals surface area (Å²) >= 11 is 0. The van der Waals surface area contributed by atoms with Crippen LogP contribution in [0.2, 0.25) is 0 Å². The maximum atomic E-state index is 12.5. The summed E-state index contributed by atoms with van der Waals surface area (Å²) in [5.74, 6) is -2.31. The smallest absolute Gasteiger partial charge is 0.345 e. The average Bonchev–Trinajstić information content (AvgIpc) is 2.81. The van der Waals surface area contributed by atoms with Crippen molar-refractivity contribution in [3.63, 3.8) is 0 Å². The Morgan fingerprint density at radius 2 is 1.48 bits per heavy atom. The highest BCUT2D eigenvalue weighted by molar-refractivity contribution is 5.91. The second-order valence-electron chi connectivity index (χ2n) is 7.27.